The van der Waals surface area contributed by atoms with Crippen molar-refractivity contribution in [1.82, 2.24) is 24.9 Å². The van der Waals surface area contributed by atoms with Crippen LogP contribution in [0.15, 0.2) is 55.0 Å². The van der Waals surface area contributed by atoms with Crippen LogP contribution in [0.2, 0.25) is 0 Å². The van der Waals surface area contributed by atoms with Gasteiger partial charge in [-0.25, -0.2) is 0 Å². The summed E-state index contributed by atoms with van der Waals surface area (Å²) in [6, 6.07) is 12.3. The van der Waals surface area contributed by atoms with E-state index in [9.17, 15) is 4.79 Å². The number of nitrogens with one attached hydrogen (secondary N) is 1. The molecule has 1 amide bonds. The Morgan fingerprint density at radius 2 is 1.93 bits per heavy atom. The molecule has 28 heavy (non-hydrogen) atoms. The lowest BCUT2D eigenvalue weighted by atomic mass is 9.89. The molecule has 5 rings (SSSR count). The highest BCUT2D eigenvalue weighted by atomic mass is 16.2. The van der Waals surface area contributed by atoms with Crippen molar-refractivity contribution in [1.29, 1.82) is 0 Å². The Balaban J connectivity index is 1.25. The molecule has 0 bridgehead atoms. The Labute approximate surface area is 164 Å². The molecule has 3 heterocycles. The van der Waals surface area contributed by atoms with Gasteiger partial charge >= 0.3 is 0 Å². The molecule has 6 nitrogen and oxygen atoms in total. The van der Waals surface area contributed by atoms with Crippen LogP contribution < -0.4 is 0 Å². The molecule has 2 fully saturated rings. The lowest BCUT2D eigenvalue weighted by Crippen LogP contribution is -2.43. The summed E-state index contributed by atoms with van der Waals surface area (Å²) < 4.78 is 1.90. The van der Waals surface area contributed by atoms with Crippen LogP contribution in [0.4, 0.5) is 0 Å². The molecule has 1 saturated carbocycles. The number of amides is 1. The van der Waals surface area contributed by atoms with E-state index in [0.717, 1.165) is 38.8 Å². The second-order valence-corrected chi connectivity index (χ2v) is 8.11. The summed E-state index contributed by atoms with van der Waals surface area (Å²) in [4.78, 5) is 15.2. The lowest BCUT2D eigenvalue weighted by molar-refractivity contribution is -0.138. The molecule has 0 spiro atoms. The van der Waals surface area contributed by atoms with Crippen LogP contribution in [0.25, 0.3) is 11.1 Å². The molecular weight excluding hydrogens is 350 g/mol. The molecule has 1 saturated heterocycles. The summed E-state index contributed by atoms with van der Waals surface area (Å²) in [5.74, 6) is 0.734. The molecular formula is C22H25N5O. The Morgan fingerprint density at radius 3 is 2.61 bits per heavy atom. The zero-order valence-electron chi connectivity index (χ0n) is 15.9. The third kappa shape index (κ3) is 3.13. The number of carbonyl (C=O) groups excluding carboxylic acids is 1. The van der Waals surface area contributed by atoms with Crippen molar-refractivity contribution in [3.8, 4) is 11.1 Å². The third-order valence-electron chi connectivity index (χ3n) is 6.28. The number of hydrogen-bond donors (Lipinski definition) is 1. The van der Waals surface area contributed by atoms with Gasteiger partial charge in [0.2, 0.25) is 5.91 Å². The van der Waals surface area contributed by atoms with E-state index < -0.39 is 0 Å². The van der Waals surface area contributed by atoms with Crippen LogP contribution >= 0.6 is 0 Å². The number of hydrogen-bond acceptors (Lipinski definition) is 3. The predicted molar refractivity (Wildman–Crippen MR) is 106 cm³/mol. The fraction of sp³-hybridized carbons (Fsp3) is 0.409. The summed E-state index contributed by atoms with van der Waals surface area (Å²) in [6.45, 7) is 2.34. The lowest BCUT2D eigenvalue weighted by Gasteiger charge is -2.34. The maximum absolute atomic E-state index is 13.2. The highest BCUT2D eigenvalue weighted by Crippen LogP contribution is 2.49. The van der Waals surface area contributed by atoms with Crippen LogP contribution in [-0.4, -0.2) is 43.9 Å². The third-order valence-corrected chi connectivity index (χ3v) is 6.28. The molecule has 1 N–H and O–H groups in total. The maximum Gasteiger partial charge on any atom is 0.230 e. The molecule has 3 aromatic rings. The quantitative estimate of drug-likeness (QED) is 0.743. The first kappa shape index (κ1) is 17.2. The van der Waals surface area contributed by atoms with Crippen LogP contribution in [0.5, 0.6) is 0 Å². The fourth-order valence-electron chi connectivity index (χ4n) is 4.46. The summed E-state index contributed by atoms with van der Waals surface area (Å²) in [5.41, 5.74) is 3.36. The first-order valence-electron chi connectivity index (χ1n) is 10.1. The van der Waals surface area contributed by atoms with Gasteiger partial charge in [-0.3, -0.25) is 14.6 Å². The number of carbonyl (C=O) groups is 1. The molecule has 0 radical (unpaired) electrons. The normalized spacial score (nSPS) is 18.9. The standard InChI is InChI=1S/C22H25N5O/c28-21(22(9-10-22)16-27-12-4-11-24-27)26-13-7-18(8-14-26)20-19(15-23-25-20)17-5-2-1-3-6-17/h1-6,11-12,15,18H,7-10,13-14,16H2,(H,23,25). The number of likely N-dealkylation sites (tertiary alicyclic amines) is 1. The maximum atomic E-state index is 13.2. The Hall–Kier alpha value is -2.89. The van der Waals surface area contributed by atoms with Gasteiger partial charge in [-0.05, 0) is 37.3 Å². The van der Waals surface area contributed by atoms with Crippen molar-refractivity contribution in [3.63, 3.8) is 0 Å². The number of rotatable bonds is 5. The van der Waals surface area contributed by atoms with Crippen LogP contribution in [0.1, 0.15) is 37.3 Å². The highest BCUT2D eigenvalue weighted by molar-refractivity contribution is 5.85. The van der Waals surface area contributed by atoms with Crippen LogP contribution in [0.3, 0.4) is 0 Å². The Morgan fingerprint density at radius 1 is 1.14 bits per heavy atom. The van der Waals surface area contributed by atoms with E-state index in [-0.39, 0.29) is 5.41 Å². The van der Waals surface area contributed by atoms with Gasteiger partial charge in [0, 0.05) is 42.7 Å². The topological polar surface area (TPSA) is 66.8 Å². The Bertz CT molecular complexity index is 934. The predicted octanol–water partition coefficient (Wildman–Crippen LogP) is 3.46. The van der Waals surface area contributed by atoms with Gasteiger partial charge in [0.1, 0.15) is 0 Å². The van der Waals surface area contributed by atoms with Crippen molar-refractivity contribution in [3.05, 3.63) is 60.7 Å². The van der Waals surface area contributed by atoms with Crippen molar-refractivity contribution >= 4 is 5.91 Å². The number of H-pyrrole nitrogens is 1. The molecule has 0 atom stereocenters. The van der Waals surface area contributed by atoms with E-state index in [1.54, 1.807) is 6.20 Å². The highest BCUT2D eigenvalue weighted by Gasteiger charge is 2.52. The van der Waals surface area contributed by atoms with Gasteiger partial charge < -0.3 is 4.90 Å². The first-order valence-corrected chi connectivity index (χ1v) is 10.1. The monoisotopic (exact) mass is 375 g/mol. The molecule has 1 aliphatic carbocycles. The fourth-order valence-corrected chi connectivity index (χ4v) is 4.46. The largest absolute Gasteiger partial charge is 0.342 e. The van der Waals surface area contributed by atoms with Crippen LogP contribution in [-0.2, 0) is 11.3 Å². The summed E-state index contributed by atoms with van der Waals surface area (Å²) in [5, 5.41) is 11.8. The summed E-state index contributed by atoms with van der Waals surface area (Å²) in [6.07, 6.45) is 9.56. The minimum atomic E-state index is -0.220. The van der Waals surface area contributed by atoms with Crippen molar-refractivity contribution in [2.24, 2.45) is 5.41 Å². The molecule has 1 aliphatic heterocycles. The average Bonchev–Trinajstić information content (AvgIpc) is 3.13. The number of aromatic amines is 1. The van der Waals surface area contributed by atoms with Crippen molar-refractivity contribution in [2.75, 3.05) is 13.1 Å². The SMILES string of the molecule is O=C(N1CCC(c2[nH]ncc2-c2ccccc2)CC1)C1(Cn2cccn2)CC1. The van der Waals surface area contributed by atoms with Crippen molar-refractivity contribution in [2.45, 2.75) is 38.1 Å². The average molecular weight is 375 g/mol. The van der Waals surface area contributed by atoms with Gasteiger partial charge in [0.15, 0.2) is 0 Å². The molecule has 144 valence electrons. The van der Waals surface area contributed by atoms with Crippen LogP contribution in [0, 0.1) is 5.41 Å². The second kappa shape index (κ2) is 6.93. The van der Waals surface area contributed by atoms with Gasteiger partial charge in [-0.1, -0.05) is 30.3 Å². The van der Waals surface area contributed by atoms with E-state index in [0.29, 0.717) is 18.4 Å². The molecule has 2 aromatic heterocycles. The van der Waals surface area contributed by atoms with E-state index >= 15 is 0 Å². The van der Waals surface area contributed by atoms with E-state index in [1.165, 1.54) is 16.8 Å². The summed E-state index contributed by atoms with van der Waals surface area (Å²) >= 11 is 0. The first-order chi connectivity index (χ1) is 13.8. The minimum Gasteiger partial charge on any atom is -0.342 e. The zero-order chi connectivity index (χ0) is 19.0. The zero-order valence-corrected chi connectivity index (χ0v) is 15.9. The van der Waals surface area contributed by atoms with Gasteiger partial charge in [-0.2, -0.15) is 10.2 Å². The number of aromatic nitrogens is 4. The smallest absolute Gasteiger partial charge is 0.230 e. The van der Waals surface area contributed by atoms with Crippen molar-refractivity contribution < 1.29 is 4.79 Å². The van der Waals surface area contributed by atoms with E-state index in [4.69, 9.17) is 0 Å². The molecule has 6 heteroatoms. The molecule has 0 unspecified atom stereocenters. The molecule has 1 aromatic carbocycles. The van der Waals surface area contributed by atoms with Gasteiger partial charge in [-0.15, -0.1) is 0 Å². The Kier molecular flexibility index (Phi) is 4.26. The number of piperidine rings is 1. The van der Waals surface area contributed by atoms with E-state index in [2.05, 4.69) is 44.5 Å². The second-order valence-electron chi connectivity index (χ2n) is 8.11. The van der Waals surface area contributed by atoms with E-state index in [1.807, 2.05) is 29.2 Å². The van der Waals surface area contributed by atoms with Gasteiger partial charge in [0.25, 0.3) is 0 Å². The summed E-state index contributed by atoms with van der Waals surface area (Å²) in [7, 11) is 0. The minimum absolute atomic E-state index is 0.220. The number of benzene rings is 1. The number of nitrogens with zero attached hydrogens (tertiary/aromatic N) is 4. The molecule has 2 aliphatic rings. The van der Waals surface area contributed by atoms with Gasteiger partial charge in [0.05, 0.1) is 18.2 Å².